The van der Waals surface area contributed by atoms with Crippen LogP contribution in [0.4, 0.5) is 0 Å². The van der Waals surface area contributed by atoms with Gasteiger partial charge in [0, 0.05) is 13.1 Å². The minimum Gasteiger partial charge on any atom is -0.486 e. The maximum Gasteiger partial charge on any atom is 0.230 e. The summed E-state index contributed by atoms with van der Waals surface area (Å²) in [5.41, 5.74) is 2.38. The molecule has 3 aromatic rings. The average Bonchev–Trinajstić information content (AvgIpc) is 3.14. The van der Waals surface area contributed by atoms with Crippen molar-refractivity contribution < 1.29 is 9.53 Å². The summed E-state index contributed by atoms with van der Waals surface area (Å²) in [7, 11) is 0. The van der Waals surface area contributed by atoms with Crippen molar-refractivity contribution in [1.82, 2.24) is 20.1 Å². The van der Waals surface area contributed by atoms with Gasteiger partial charge in [0.05, 0.1) is 5.75 Å². The molecule has 3 rings (SSSR count). The number of hydrogen-bond donors (Lipinski definition) is 1. The van der Waals surface area contributed by atoms with E-state index in [1.807, 2.05) is 54.0 Å². The van der Waals surface area contributed by atoms with Crippen molar-refractivity contribution in [3.05, 3.63) is 84.2 Å². The van der Waals surface area contributed by atoms with E-state index in [9.17, 15) is 4.79 Å². The topological polar surface area (TPSA) is 69.0 Å². The van der Waals surface area contributed by atoms with Gasteiger partial charge < -0.3 is 10.1 Å². The lowest BCUT2D eigenvalue weighted by Crippen LogP contribution is -2.27. The van der Waals surface area contributed by atoms with Crippen molar-refractivity contribution in [1.29, 1.82) is 0 Å². The van der Waals surface area contributed by atoms with Crippen LogP contribution in [0.3, 0.4) is 0 Å². The van der Waals surface area contributed by atoms with Gasteiger partial charge in [0.2, 0.25) is 5.91 Å². The van der Waals surface area contributed by atoms with Crippen molar-refractivity contribution in [3.8, 4) is 5.75 Å². The fraction of sp³-hybridized carbons (Fsp3) is 0.261. The van der Waals surface area contributed by atoms with Gasteiger partial charge in [-0.1, -0.05) is 65.9 Å². The quantitative estimate of drug-likeness (QED) is 0.376. The highest BCUT2D eigenvalue weighted by Crippen LogP contribution is 2.19. The van der Waals surface area contributed by atoms with Crippen LogP contribution in [-0.2, 0) is 24.4 Å². The normalized spacial score (nSPS) is 10.6. The van der Waals surface area contributed by atoms with Crippen molar-refractivity contribution in [3.63, 3.8) is 0 Å². The van der Waals surface area contributed by atoms with Gasteiger partial charge in [-0.05, 0) is 31.0 Å². The first kappa shape index (κ1) is 21.6. The number of carbonyl (C=O) groups excluding carboxylic acids is 1. The van der Waals surface area contributed by atoms with Crippen LogP contribution in [0, 0.1) is 6.92 Å². The summed E-state index contributed by atoms with van der Waals surface area (Å²) < 4.78 is 7.74. The summed E-state index contributed by atoms with van der Waals surface area (Å²) in [6.45, 7) is 7.30. The van der Waals surface area contributed by atoms with Crippen molar-refractivity contribution >= 4 is 17.7 Å². The highest BCUT2D eigenvalue weighted by molar-refractivity contribution is 7.99. The lowest BCUT2D eigenvalue weighted by Gasteiger charge is -2.09. The summed E-state index contributed by atoms with van der Waals surface area (Å²) in [5, 5.41) is 12.1. The Kier molecular flexibility index (Phi) is 8.09. The lowest BCUT2D eigenvalue weighted by atomic mass is 10.1. The van der Waals surface area contributed by atoms with Gasteiger partial charge >= 0.3 is 0 Å². The molecule has 156 valence electrons. The second-order valence-corrected chi connectivity index (χ2v) is 7.72. The predicted octanol–water partition coefficient (Wildman–Crippen LogP) is 3.80. The number of allylic oxidation sites excluding steroid dienone is 1. The number of amides is 1. The summed E-state index contributed by atoms with van der Waals surface area (Å²) in [6.07, 6.45) is 2.59. The Morgan fingerprint density at radius 2 is 1.93 bits per heavy atom. The Hall–Kier alpha value is -3.06. The van der Waals surface area contributed by atoms with E-state index in [0.29, 0.717) is 30.7 Å². The highest BCUT2D eigenvalue weighted by Gasteiger charge is 2.14. The molecule has 1 aromatic heterocycles. The molecule has 0 saturated heterocycles. The van der Waals surface area contributed by atoms with E-state index in [4.69, 9.17) is 4.74 Å². The molecule has 0 aliphatic rings. The Balaban J connectivity index is 1.50. The first-order chi connectivity index (χ1) is 14.7. The molecule has 0 fully saturated rings. The number of rotatable bonds is 11. The standard InChI is InChI=1S/C23H26N4O2S/c1-3-15-27-21(16-29-20-11-9-18(2)10-12-20)25-26-23(27)30-17-22(28)24-14-13-19-7-5-4-6-8-19/h3-12H,1,13-17H2,2H3,(H,24,28). The minimum absolute atomic E-state index is 0.0264. The zero-order valence-corrected chi connectivity index (χ0v) is 17.9. The third-order valence-corrected chi connectivity index (χ3v) is 5.37. The summed E-state index contributed by atoms with van der Waals surface area (Å²) in [4.78, 5) is 12.2. The van der Waals surface area contributed by atoms with Gasteiger partial charge in [-0.15, -0.1) is 16.8 Å². The molecular formula is C23H26N4O2S. The molecule has 0 aliphatic heterocycles. The van der Waals surface area contributed by atoms with E-state index in [0.717, 1.165) is 12.2 Å². The third-order valence-electron chi connectivity index (χ3n) is 4.41. The van der Waals surface area contributed by atoms with Gasteiger partial charge in [0.15, 0.2) is 11.0 Å². The number of aromatic nitrogens is 3. The predicted molar refractivity (Wildman–Crippen MR) is 120 cm³/mol. The van der Waals surface area contributed by atoms with Gasteiger partial charge in [-0.25, -0.2) is 0 Å². The smallest absolute Gasteiger partial charge is 0.230 e. The molecule has 0 radical (unpaired) electrons. The fourth-order valence-electron chi connectivity index (χ4n) is 2.80. The summed E-state index contributed by atoms with van der Waals surface area (Å²) >= 11 is 1.36. The zero-order valence-electron chi connectivity index (χ0n) is 17.1. The second kappa shape index (κ2) is 11.2. The highest BCUT2D eigenvalue weighted by atomic mass is 32.2. The molecule has 1 N–H and O–H groups in total. The van der Waals surface area contributed by atoms with Crippen LogP contribution >= 0.6 is 11.8 Å². The van der Waals surface area contributed by atoms with Crippen LogP contribution in [0.15, 0.2) is 72.4 Å². The number of nitrogens with zero attached hydrogens (tertiary/aromatic N) is 3. The lowest BCUT2D eigenvalue weighted by molar-refractivity contribution is -0.118. The molecule has 1 heterocycles. The average molecular weight is 423 g/mol. The van der Waals surface area contributed by atoms with Gasteiger partial charge in [-0.3, -0.25) is 9.36 Å². The maximum absolute atomic E-state index is 12.2. The molecule has 0 bridgehead atoms. The SMILES string of the molecule is C=CCn1c(COc2ccc(C)cc2)nnc1SCC(=O)NCCc1ccccc1. The Bertz CT molecular complexity index is 955. The molecule has 2 aromatic carbocycles. The number of nitrogens with one attached hydrogen (secondary N) is 1. The van der Waals surface area contributed by atoms with E-state index < -0.39 is 0 Å². The molecule has 30 heavy (non-hydrogen) atoms. The van der Waals surface area contributed by atoms with E-state index in [2.05, 4.69) is 34.2 Å². The molecule has 0 aliphatic carbocycles. The first-order valence-electron chi connectivity index (χ1n) is 9.81. The molecular weight excluding hydrogens is 396 g/mol. The monoisotopic (exact) mass is 422 g/mol. The van der Waals surface area contributed by atoms with Crippen molar-refractivity contribution in [2.75, 3.05) is 12.3 Å². The van der Waals surface area contributed by atoms with Crippen LogP contribution in [0.1, 0.15) is 17.0 Å². The molecule has 0 atom stereocenters. The number of hydrogen-bond acceptors (Lipinski definition) is 5. The third kappa shape index (κ3) is 6.49. The van der Waals surface area contributed by atoms with Gasteiger partial charge in [-0.2, -0.15) is 0 Å². The Morgan fingerprint density at radius 1 is 1.17 bits per heavy atom. The number of benzene rings is 2. The van der Waals surface area contributed by atoms with E-state index in [-0.39, 0.29) is 11.7 Å². The number of ether oxygens (including phenoxy) is 1. The van der Waals surface area contributed by atoms with Crippen LogP contribution in [0.2, 0.25) is 0 Å². The maximum atomic E-state index is 12.2. The number of thioether (sulfide) groups is 1. The van der Waals surface area contributed by atoms with Crippen LogP contribution in [0.5, 0.6) is 5.75 Å². The largest absolute Gasteiger partial charge is 0.486 e. The Labute approximate surface area is 181 Å². The summed E-state index contributed by atoms with van der Waals surface area (Å²) in [6, 6.07) is 18.0. The van der Waals surface area contributed by atoms with Gasteiger partial charge in [0.1, 0.15) is 12.4 Å². The number of carbonyl (C=O) groups is 1. The number of aryl methyl sites for hydroxylation is 1. The van der Waals surface area contributed by atoms with Crippen LogP contribution in [-0.4, -0.2) is 33.0 Å². The van der Waals surface area contributed by atoms with E-state index in [1.165, 1.54) is 22.9 Å². The van der Waals surface area contributed by atoms with Crippen LogP contribution in [0.25, 0.3) is 0 Å². The Morgan fingerprint density at radius 3 is 2.67 bits per heavy atom. The van der Waals surface area contributed by atoms with E-state index >= 15 is 0 Å². The summed E-state index contributed by atoms with van der Waals surface area (Å²) in [5.74, 6) is 1.73. The van der Waals surface area contributed by atoms with Crippen LogP contribution < -0.4 is 10.1 Å². The van der Waals surface area contributed by atoms with Gasteiger partial charge in [0.25, 0.3) is 0 Å². The van der Waals surface area contributed by atoms with Crippen molar-refractivity contribution in [2.45, 2.75) is 31.7 Å². The fourth-order valence-corrected chi connectivity index (χ4v) is 3.60. The molecule has 0 spiro atoms. The van der Waals surface area contributed by atoms with Crippen molar-refractivity contribution in [2.24, 2.45) is 0 Å². The second-order valence-electron chi connectivity index (χ2n) is 6.77. The minimum atomic E-state index is -0.0264. The molecule has 6 nitrogen and oxygen atoms in total. The van der Waals surface area contributed by atoms with E-state index in [1.54, 1.807) is 6.08 Å². The molecule has 1 amide bonds. The molecule has 0 saturated carbocycles. The molecule has 7 heteroatoms. The zero-order chi connectivity index (χ0) is 21.2. The first-order valence-corrected chi connectivity index (χ1v) is 10.8. The molecule has 0 unspecified atom stereocenters.